The topological polar surface area (TPSA) is 47.6 Å². The number of halogens is 2. The second-order valence-corrected chi connectivity index (χ2v) is 4.80. The van der Waals surface area contributed by atoms with Gasteiger partial charge in [0.2, 0.25) is 0 Å². The number of hydrogen-bond acceptors (Lipinski definition) is 3. The minimum Gasteiger partial charge on any atom is -0.490 e. The summed E-state index contributed by atoms with van der Waals surface area (Å²) in [7, 11) is 0. The van der Waals surface area contributed by atoms with Crippen LogP contribution in [0.5, 0.6) is 11.5 Å². The van der Waals surface area contributed by atoms with E-state index in [9.17, 15) is 13.6 Å². The monoisotopic (exact) mass is 321 g/mol. The molecular formula is C17H17F2NO3. The van der Waals surface area contributed by atoms with E-state index >= 15 is 0 Å². The molecule has 122 valence electrons. The van der Waals surface area contributed by atoms with Gasteiger partial charge in [-0.25, -0.2) is 0 Å². The number of rotatable bonds is 6. The molecule has 0 unspecified atom stereocenters. The molecule has 0 radical (unpaired) electrons. The summed E-state index contributed by atoms with van der Waals surface area (Å²) in [5.74, 6) is -0.362. The molecule has 0 saturated carbocycles. The fourth-order valence-corrected chi connectivity index (χ4v) is 2.04. The Morgan fingerprint density at radius 1 is 1.17 bits per heavy atom. The smallest absolute Gasteiger partial charge is 0.387 e. The first-order valence-corrected chi connectivity index (χ1v) is 7.09. The quantitative estimate of drug-likeness (QED) is 0.865. The number of amides is 1. The fraction of sp³-hybridized carbons (Fsp3) is 0.235. The van der Waals surface area contributed by atoms with Gasteiger partial charge in [-0.1, -0.05) is 12.1 Å². The molecule has 2 aromatic rings. The van der Waals surface area contributed by atoms with Crippen molar-refractivity contribution < 1.29 is 23.0 Å². The van der Waals surface area contributed by atoms with Crippen molar-refractivity contribution in [3.63, 3.8) is 0 Å². The van der Waals surface area contributed by atoms with Gasteiger partial charge in [-0.3, -0.25) is 4.79 Å². The van der Waals surface area contributed by atoms with Gasteiger partial charge in [0.05, 0.1) is 6.61 Å². The molecule has 6 heteroatoms. The summed E-state index contributed by atoms with van der Waals surface area (Å²) in [5, 5.41) is 2.75. The predicted octanol–water partition coefficient (Wildman–Crippen LogP) is 4.25. The Kier molecular flexibility index (Phi) is 5.51. The van der Waals surface area contributed by atoms with Crippen LogP contribution in [0.2, 0.25) is 0 Å². The van der Waals surface area contributed by atoms with Crippen molar-refractivity contribution in [3.8, 4) is 11.5 Å². The maximum absolute atomic E-state index is 12.4. The van der Waals surface area contributed by atoms with E-state index in [1.165, 1.54) is 18.2 Å². The van der Waals surface area contributed by atoms with E-state index in [1.807, 2.05) is 25.1 Å². The molecule has 0 heterocycles. The lowest BCUT2D eigenvalue weighted by Gasteiger charge is -2.13. The third-order valence-electron chi connectivity index (χ3n) is 3.00. The summed E-state index contributed by atoms with van der Waals surface area (Å²) in [5.41, 5.74) is 1.95. The van der Waals surface area contributed by atoms with Gasteiger partial charge in [0.1, 0.15) is 0 Å². The molecule has 1 amide bonds. The third kappa shape index (κ3) is 4.67. The first kappa shape index (κ1) is 16.7. The molecule has 2 aromatic carbocycles. The Morgan fingerprint density at radius 2 is 1.96 bits per heavy atom. The predicted molar refractivity (Wildman–Crippen MR) is 83.4 cm³/mol. The van der Waals surface area contributed by atoms with E-state index in [2.05, 4.69) is 10.1 Å². The lowest BCUT2D eigenvalue weighted by atomic mass is 10.1. The maximum Gasteiger partial charge on any atom is 0.387 e. The molecule has 0 aromatic heterocycles. The van der Waals surface area contributed by atoms with Crippen molar-refractivity contribution >= 4 is 11.6 Å². The van der Waals surface area contributed by atoms with Crippen LogP contribution in [-0.4, -0.2) is 19.1 Å². The normalized spacial score (nSPS) is 10.5. The van der Waals surface area contributed by atoms with Crippen LogP contribution in [0.15, 0.2) is 42.5 Å². The number of ether oxygens (including phenoxy) is 2. The van der Waals surface area contributed by atoms with Crippen molar-refractivity contribution in [2.24, 2.45) is 0 Å². The Balaban J connectivity index is 2.21. The zero-order valence-corrected chi connectivity index (χ0v) is 12.8. The zero-order chi connectivity index (χ0) is 16.8. The molecule has 1 N–H and O–H groups in total. The highest BCUT2D eigenvalue weighted by Gasteiger charge is 2.14. The van der Waals surface area contributed by atoms with Crippen LogP contribution in [0.4, 0.5) is 14.5 Å². The van der Waals surface area contributed by atoms with Gasteiger partial charge in [-0.2, -0.15) is 8.78 Å². The Bertz CT molecular complexity index is 689. The van der Waals surface area contributed by atoms with Crippen LogP contribution in [0.1, 0.15) is 22.8 Å². The van der Waals surface area contributed by atoms with E-state index in [-0.39, 0.29) is 29.6 Å². The average molecular weight is 321 g/mol. The van der Waals surface area contributed by atoms with Crippen molar-refractivity contribution in [1.29, 1.82) is 0 Å². The minimum atomic E-state index is -2.96. The molecule has 0 fully saturated rings. The van der Waals surface area contributed by atoms with Crippen molar-refractivity contribution in [3.05, 3.63) is 53.6 Å². The summed E-state index contributed by atoms with van der Waals surface area (Å²) in [6.45, 7) is 0.939. The largest absolute Gasteiger partial charge is 0.490 e. The highest BCUT2D eigenvalue weighted by molar-refractivity contribution is 6.04. The molecule has 0 bridgehead atoms. The van der Waals surface area contributed by atoms with Crippen LogP contribution in [0, 0.1) is 6.92 Å². The summed E-state index contributed by atoms with van der Waals surface area (Å²) < 4.78 is 34.4. The fourth-order valence-electron chi connectivity index (χ4n) is 2.04. The average Bonchev–Trinajstić information content (AvgIpc) is 2.48. The van der Waals surface area contributed by atoms with Crippen molar-refractivity contribution in [2.75, 3.05) is 11.9 Å². The standard InChI is InChI=1S/C17H17F2NO3/c1-3-22-15-10-12(7-8-14(15)23-17(18)19)16(21)20-13-6-4-5-11(2)9-13/h4-10,17H,3H2,1-2H3,(H,20,21). The Hall–Kier alpha value is -2.63. The van der Waals surface area contributed by atoms with Gasteiger partial charge < -0.3 is 14.8 Å². The molecule has 0 atom stereocenters. The molecule has 0 aliphatic heterocycles. The van der Waals surface area contributed by atoms with Crippen LogP contribution < -0.4 is 14.8 Å². The zero-order valence-electron chi connectivity index (χ0n) is 12.8. The molecule has 4 nitrogen and oxygen atoms in total. The maximum atomic E-state index is 12.4. The summed E-state index contributed by atoms with van der Waals surface area (Å²) >= 11 is 0. The first-order valence-electron chi connectivity index (χ1n) is 7.09. The Morgan fingerprint density at radius 3 is 2.61 bits per heavy atom. The molecule has 2 rings (SSSR count). The number of aryl methyl sites for hydroxylation is 1. The van der Waals surface area contributed by atoms with Gasteiger partial charge >= 0.3 is 6.61 Å². The number of benzene rings is 2. The van der Waals surface area contributed by atoms with E-state index in [1.54, 1.807) is 13.0 Å². The molecule has 0 aliphatic rings. The lowest BCUT2D eigenvalue weighted by Crippen LogP contribution is -2.13. The third-order valence-corrected chi connectivity index (χ3v) is 3.00. The highest BCUT2D eigenvalue weighted by Crippen LogP contribution is 2.30. The van der Waals surface area contributed by atoms with E-state index in [0.717, 1.165) is 5.56 Å². The minimum absolute atomic E-state index is 0.102. The molecule has 23 heavy (non-hydrogen) atoms. The summed E-state index contributed by atoms with van der Waals surface area (Å²) in [6.07, 6.45) is 0. The first-order chi connectivity index (χ1) is 11.0. The summed E-state index contributed by atoms with van der Waals surface area (Å²) in [4.78, 5) is 12.3. The van der Waals surface area contributed by atoms with Crippen molar-refractivity contribution in [2.45, 2.75) is 20.5 Å². The summed E-state index contributed by atoms with van der Waals surface area (Å²) in [6, 6.07) is 11.4. The second-order valence-electron chi connectivity index (χ2n) is 4.80. The number of carbonyl (C=O) groups is 1. The highest BCUT2D eigenvalue weighted by atomic mass is 19.3. The van der Waals surface area contributed by atoms with Crippen molar-refractivity contribution in [1.82, 2.24) is 0 Å². The SMILES string of the molecule is CCOc1cc(C(=O)Nc2cccc(C)c2)ccc1OC(F)F. The molecule has 0 aliphatic carbocycles. The van der Waals surface area contributed by atoms with Gasteiger partial charge in [0, 0.05) is 11.3 Å². The Labute approximate surface area is 133 Å². The number of carbonyl (C=O) groups excluding carboxylic acids is 1. The number of nitrogens with one attached hydrogen (secondary N) is 1. The number of anilines is 1. The molecule has 0 spiro atoms. The van der Waals surface area contributed by atoms with Gasteiger partial charge in [0.15, 0.2) is 11.5 Å². The van der Waals surface area contributed by atoms with Crippen LogP contribution >= 0.6 is 0 Å². The van der Waals surface area contributed by atoms with Crippen LogP contribution in [0.25, 0.3) is 0 Å². The van der Waals surface area contributed by atoms with Gasteiger partial charge in [-0.05, 0) is 49.7 Å². The van der Waals surface area contributed by atoms with Gasteiger partial charge in [-0.15, -0.1) is 0 Å². The van der Waals surface area contributed by atoms with E-state index < -0.39 is 6.61 Å². The van der Waals surface area contributed by atoms with E-state index in [0.29, 0.717) is 5.69 Å². The van der Waals surface area contributed by atoms with Crippen LogP contribution in [0.3, 0.4) is 0 Å². The molecule has 0 saturated heterocycles. The number of hydrogen-bond donors (Lipinski definition) is 1. The van der Waals surface area contributed by atoms with E-state index in [4.69, 9.17) is 4.74 Å². The number of alkyl halides is 2. The lowest BCUT2D eigenvalue weighted by molar-refractivity contribution is -0.0514. The molecular weight excluding hydrogens is 304 g/mol. The second kappa shape index (κ2) is 7.58. The van der Waals surface area contributed by atoms with Crippen LogP contribution in [-0.2, 0) is 0 Å². The van der Waals surface area contributed by atoms with Gasteiger partial charge in [0.25, 0.3) is 5.91 Å².